The summed E-state index contributed by atoms with van der Waals surface area (Å²) in [7, 11) is 0. The van der Waals surface area contributed by atoms with Gasteiger partial charge >= 0.3 is 0 Å². The molecule has 0 unspecified atom stereocenters. The first-order valence-corrected chi connectivity index (χ1v) is 7.37. The fourth-order valence-corrected chi connectivity index (χ4v) is 2.74. The molecule has 1 aliphatic rings. The maximum absolute atomic E-state index is 10.7. The minimum atomic E-state index is -0.690. The van der Waals surface area contributed by atoms with Crippen molar-refractivity contribution >= 4 is 17.4 Å². The van der Waals surface area contributed by atoms with Gasteiger partial charge in [0.15, 0.2) is 0 Å². The fourth-order valence-electron chi connectivity index (χ4n) is 2.64. The van der Waals surface area contributed by atoms with Crippen LogP contribution in [0.3, 0.4) is 0 Å². The van der Waals surface area contributed by atoms with Crippen LogP contribution in [0.5, 0.6) is 0 Å². The lowest BCUT2D eigenvalue weighted by Gasteiger charge is -2.38. The van der Waals surface area contributed by atoms with Gasteiger partial charge in [-0.25, -0.2) is 9.97 Å². The Morgan fingerprint density at radius 2 is 1.95 bits per heavy atom. The monoisotopic (exact) mass is 304 g/mol. The average Bonchev–Trinajstić information content (AvgIpc) is 2.50. The zero-order valence-corrected chi connectivity index (χ0v) is 12.4. The summed E-state index contributed by atoms with van der Waals surface area (Å²) in [5.41, 5.74) is 0.241. The standard InChI is InChI=1S/C15H17ClN4O/c16-13-10-19-14(11-18-13)20-7-4-15(21,5-8-20)9-12-3-1-2-6-17-12/h1-3,6,10-11,21H,4-5,7-9H2. The van der Waals surface area contributed by atoms with E-state index in [-0.39, 0.29) is 0 Å². The van der Waals surface area contributed by atoms with Gasteiger partial charge in [0.25, 0.3) is 0 Å². The molecule has 2 aromatic heterocycles. The van der Waals surface area contributed by atoms with E-state index in [2.05, 4.69) is 19.9 Å². The molecule has 6 heteroatoms. The third-order valence-corrected chi connectivity index (χ3v) is 4.06. The van der Waals surface area contributed by atoms with E-state index >= 15 is 0 Å². The number of rotatable bonds is 3. The van der Waals surface area contributed by atoms with E-state index in [1.54, 1.807) is 18.6 Å². The summed E-state index contributed by atoms with van der Waals surface area (Å²) in [4.78, 5) is 14.7. The zero-order valence-electron chi connectivity index (χ0n) is 11.6. The minimum Gasteiger partial charge on any atom is -0.389 e. The number of piperidine rings is 1. The van der Waals surface area contributed by atoms with Gasteiger partial charge in [-0.2, -0.15) is 0 Å². The van der Waals surface area contributed by atoms with Gasteiger partial charge in [-0.1, -0.05) is 17.7 Å². The molecular weight excluding hydrogens is 288 g/mol. The molecule has 0 amide bonds. The molecule has 1 aliphatic heterocycles. The SMILES string of the molecule is OC1(Cc2ccccn2)CCN(c2cnc(Cl)cn2)CC1. The van der Waals surface area contributed by atoms with Crippen molar-refractivity contribution in [2.75, 3.05) is 18.0 Å². The summed E-state index contributed by atoms with van der Waals surface area (Å²) < 4.78 is 0. The van der Waals surface area contributed by atoms with Crippen LogP contribution in [0.4, 0.5) is 5.82 Å². The second-order valence-corrected chi connectivity index (χ2v) is 5.79. The summed E-state index contributed by atoms with van der Waals surface area (Å²) in [6.07, 6.45) is 6.95. The quantitative estimate of drug-likeness (QED) is 0.941. The second-order valence-electron chi connectivity index (χ2n) is 5.41. The molecule has 1 fully saturated rings. The van der Waals surface area contributed by atoms with Crippen LogP contribution in [0.2, 0.25) is 5.15 Å². The number of pyridine rings is 1. The Morgan fingerprint density at radius 1 is 1.14 bits per heavy atom. The number of aliphatic hydroxyl groups is 1. The Bertz CT molecular complexity index is 582. The Morgan fingerprint density at radius 3 is 2.57 bits per heavy atom. The summed E-state index contributed by atoms with van der Waals surface area (Å²) >= 11 is 5.75. The van der Waals surface area contributed by atoms with Crippen molar-refractivity contribution in [2.24, 2.45) is 0 Å². The molecule has 0 aromatic carbocycles. The molecule has 21 heavy (non-hydrogen) atoms. The van der Waals surface area contributed by atoms with E-state index in [4.69, 9.17) is 11.6 Å². The number of halogens is 1. The lowest BCUT2D eigenvalue weighted by Crippen LogP contribution is -2.46. The second kappa shape index (κ2) is 5.95. The van der Waals surface area contributed by atoms with Gasteiger partial charge in [0, 0.05) is 31.4 Å². The highest BCUT2D eigenvalue weighted by Gasteiger charge is 2.33. The fraction of sp³-hybridized carbons (Fsp3) is 0.400. The van der Waals surface area contributed by atoms with Crippen LogP contribution in [-0.2, 0) is 6.42 Å². The highest BCUT2D eigenvalue weighted by Crippen LogP contribution is 2.27. The first-order valence-electron chi connectivity index (χ1n) is 6.99. The summed E-state index contributed by atoms with van der Waals surface area (Å²) in [5.74, 6) is 0.805. The molecule has 3 heterocycles. The number of hydrogen-bond donors (Lipinski definition) is 1. The van der Waals surface area contributed by atoms with Crippen LogP contribution in [-0.4, -0.2) is 38.7 Å². The Balaban J connectivity index is 1.63. The third-order valence-electron chi connectivity index (χ3n) is 3.86. The van der Waals surface area contributed by atoms with Gasteiger partial charge in [-0.15, -0.1) is 0 Å². The number of nitrogens with zero attached hydrogens (tertiary/aromatic N) is 4. The van der Waals surface area contributed by atoms with Crippen molar-refractivity contribution in [3.8, 4) is 0 Å². The molecule has 110 valence electrons. The Hall–Kier alpha value is -1.72. The number of aromatic nitrogens is 3. The van der Waals surface area contributed by atoms with E-state index in [0.717, 1.165) is 24.6 Å². The summed E-state index contributed by atoms with van der Waals surface area (Å²) in [6.45, 7) is 1.50. The van der Waals surface area contributed by atoms with Crippen molar-refractivity contribution in [1.82, 2.24) is 15.0 Å². The highest BCUT2D eigenvalue weighted by molar-refractivity contribution is 6.29. The van der Waals surface area contributed by atoms with Crippen molar-refractivity contribution < 1.29 is 5.11 Å². The molecule has 0 radical (unpaired) electrons. The maximum atomic E-state index is 10.7. The molecular formula is C15H17ClN4O. The molecule has 2 aromatic rings. The van der Waals surface area contributed by atoms with E-state index in [1.165, 1.54) is 0 Å². The van der Waals surface area contributed by atoms with Crippen LogP contribution in [0.15, 0.2) is 36.8 Å². The first kappa shape index (κ1) is 14.2. The predicted molar refractivity (Wildman–Crippen MR) is 81.4 cm³/mol. The van der Waals surface area contributed by atoms with Crippen molar-refractivity contribution in [3.05, 3.63) is 47.6 Å². The van der Waals surface area contributed by atoms with Crippen molar-refractivity contribution in [1.29, 1.82) is 0 Å². The van der Waals surface area contributed by atoms with E-state index in [9.17, 15) is 5.11 Å². The minimum absolute atomic E-state index is 0.391. The molecule has 0 bridgehead atoms. The van der Waals surface area contributed by atoms with Gasteiger partial charge < -0.3 is 10.0 Å². The molecule has 0 saturated carbocycles. The van der Waals surface area contributed by atoms with Crippen LogP contribution in [0.25, 0.3) is 0 Å². The predicted octanol–water partition coefficient (Wildman–Crippen LogP) is 2.10. The zero-order chi connectivity index (χ0) is 14.7. The molecule has 0 atom stereocenters. The van der Waals surface area contributed by atoms with Crippen LogP contribution in [0.1, 0.15) is 18.5 Å². The normalized spacial score (nSPS) is 17.7. The largest absolute Gasteiger partial charge is 0.389 e. The van der Waals surface area contributed by atoms with E-state index in [1.807, 2.05) is 18.2 Å². The highest BCUT2D eigenvalue weighted by atomic mass is 35.5. The van der Waals surface area contributed by atoms with E-state index in [0.29, 0.717) is 24.4 Å². The average molecular weight is 305 g/mol. The topological polar surface area (TPSA) is 62.1 Å². The molecule has 0 spiro atoms. The number of anilines is 1. The van der Waals surface area contributed by atoms with Gasteiger partial charge in [-0.3, -0.25) is 4.98 Å². The van der Waals surface area contributed by atoms with Crippen LogP contribution >= 0.6 is 11.6 Å². The van der Waals surface area contributed by atoms with Gasteiger partial charge in [0.1, 0.15) is 11.0 Å². The Kier molecular flexibility index (Phi) is 4.03. The maximum Gasteiger partial charge on any atom is 0.147 e. The Labute approximate surface area is 128 Å². The lowest BCUT2D eigenvalue weighted by atomic mass is 9.87. The molecule has 1 saturated heterocycles. The van der Waals surface area contributed by atoms with Gasteiger partial charge in [0.05, 0.1) is 18.0 Å². The molecule has 3 rings (SSSR count). The summed E-state index contributed by atoms with van der Waals surface area (Å²) in [6, 6.07) is 5.79. The number of hydrogen-bond acceptors (Lipinski definition) is 5. The lowest BCUT2D eigenvalue weighted by molar-refractivity contribution is 0.0155. The first-order chi connectivity index (χ1) is 10.1. The molecule has 0 aliphatic carbocycles. The molecule has 5 nitrogen and oxygen atoms in total. The molecule has 1 N–H and O–H groups in total. The van der Waals surface area contributed by atoms with Gasteiger partial charge in [-0.05, 0) is 25.0 Å². The van der Waals surface area contributed by atoms with E-state index < -0.39 is 5.60 Å². The van der Waals surface area contributed by atoms with Crippen molar-refractivity contribution in [2.45, 2.75) is 24.9 Å². The third kappa shape index (κ3) is 3.49. The smallest absolute Gasteiger partial charge is 0.147 e. The van der Waals surface area contributed by atoms with Crippen LogP contribution < -0.4 is 4.90 Å². The summed E-state index contributed by atoms with van der Waals surface area (Å²) in [5, 5.41) is 11.1. The van der Waals surface area contributed by atoms with Crippen molar-refractivity contribution in [3.63, 3.8) is 0 Å². The van der Waals surface area contributed by atoms with Crippen LogP contribution in [0, 0.1) is 0 Å². The van der Waals surface area contributed by atoms with Gasteiger partial charge in [0.2, 0.25) is 0 Å².